The third-order valence-corrected chi connectivity index (χ3v) is 7.62. The highest BCUT2D eigenvalue weighted by atomic mass is 32.2. The molecule has 164 valence electrons. The van der Waals surface area contributed by atoms with Crippen LogP contribution in [0, 0.1) is 0 Å². The number of piperazine rings is 1. The van der Waals surface area contributed by atoms with E-state index < -0.39 is 10.0 Å². The van der Waals surface area contributed by atoms with E-state index in [4.69, 9.17) is 0 Å². The molecule has 0 unspecified atom stereocenters. The van der Waals surface area contributed by atoms with Crippen molar-refractivity contribution in [3.8, 4) is 0 Å². The Morgan fingerprint density at radius 2 is 1.71 bits per heavy atom. The third-order valence-electron chi connectivity index (χ3n) is 5.70. The first-order valence-corrected chi connectivity index (χ1v) is 11.8. The highest BCUT2D eigenvalue weighted by Crippen LogP contribution is 2.24. The number of amides is 2. The standard InChI is InChI=1S/C22H26N4O4S/c1-25-11-13-26(14-12-25)31(29,30)19-8-6-18(7-9-19)23-22(28)17-5-10-20-16(15-17)3-2-4-21(27)24-20/h5-10,15H,2-4,11-14H2,1H3,(H,23,28)(H,24,27). The predicted octanol–water partition coefficient (Wildman–Crippen LogP) is 2.15. The molecule has 2 aromatic carbocycles. The van der Waals surface area contributed by atoms with E-state index >= 15 is 0 Å². The number of benzene rings is 2. The maximum absolute atomic E-state index is 12.8. The lowest BCUT2D eigenvalue weighted by molar-refractivity contribution is -0.116. The number of fused-ring (bicyclic) bond motifs is 1. The van der Waals surface area contributed by atoms with E-state index in [0.717, 1.165) is 24.1 Å². The first kappa shape index (κ1) is 21.5. The van der Waals surface area contributed by atoms with Gasteiger partial charge in [0.25, 0.3) is 5.91 Å². The van der Waals surface area contributed by atoms with Crippen molar-refractivity contribution in [2.24, 2.45) is 0 Å². The van der Waals surface area contributed by atoms with Crippen LogP contribution < -0.4 is 10.6 Å². The number of hydrogen-bond acceptors (Lipinski definition) is 5. The second kappa shape index (κ2) is 8.78. The minimum Gasteiger partial charge on any atom is -0.326 e. The van der Waals surface area contributed by atoms with Crippen molar-refractivity contribution in [1.29, 1.82) is 0 Å². The second-order valence-electron chi connectivity index (χ2n) is 7.96. The molecule has 31 heavy (non-hydrogen) atoms. The van der Waals surface area contributed by atoms with Crippen molar-refractivity contribution in [2.75, 3.05) is 43.9 Å². The summed E-state index contributed by atoms with van der Waals surface area (Å²) in [7, 11) is -1.57. The fourth-order valence-corrected chi connectivity index (χ4v) is 5.23. The van der Waals surface area contributed by atoms with E-state index in [-0.39, 0.29) is 16.7 Å². The molecule has 0 saturated carbocycles. The van der Waals surface area contributed by atoms with Crippen LogP contribution in [-0.4, -0.2) is 62.7 Å². The zero-order chi connectivity index (χ0) is 22.0. The van der Waals surface area contributed by atoms with Gasteiger partial charge in [0.05, 0.1) is 4.90 Å². The first-order valence-electron chi connectivity index (χ1n) is 10.4. The van der Waals surface area contributed by atoms with Crippen LogP contribution in [0.1, 0.15) is 28.8 Å². The molecule has 2 aliphatic rings. The number of carbonyl (C=O) groups is 2. The van der Waals surface area contributed by atoms with Gasteiger partial charge in [-0.05, 0) is 67.9 Å². The van der Waals surface area contributed by atoms with Gasteiger partial charge < -0.3 is 15.5 Å². The van der Waals surface area contributed by atoms with E-state index in [2.05, 4.69) is 15.5 Å². The summed E-state index contributed by atoms with van der Waals surface area (Å²) in [6.45, 7) is 2.35. The van der Waals surface area contributed by atoms with Crippen molar-refractivity contribution in [3.05, 3.63) is 53.6 Å². The molecule has 9 heteroatoms. The van der Waals surface area contributed by atoms with Crippen LogP contribution in [0.5, 0.6) is 0 Å². The highest BCUT2D eigenvalue weighted by Gasteiger charge is 2.27. The number of likely N-dealkylation sites (N-methyl/N-ethyl adjacent to an activating group) is 1. The summed E-state index contributed by atoms with van der Waals surface area (Å²) >= 11 is 0. The Morgan fingerprint density at radius 3 is 2.42 bits per heavy atom. The van der Waals surface area contributed by atoms with Gasteiger partial charge in [-0.3, -0.25) is 9.59 Å². The number of sulfonamides is 1. The van der Waals surface area contributed by atoms with Crippen molar-refractivity contribution in [1.82, 2.24) is 9.21 Å². The summed E-state index contributed by atoms with van der Waals surface area (Å²) in [6.07, 6.45) is 1.95. The summed E-state index contributed by atoms with van der Waals surface area (Å²) in [5, 5.41) is 5.67. The van der Waals surface area contributed by atoms with Gasteiger partial charge >= 0.3 is 0 Å². The average Bonchev–Trinajstić information content (AvgIpc) is 2.94. The summed E-state index contributed by atoms with van der Waals surface area (Å²) in [6, 6.07) is 11.5. The summed E-state index contributed by atoms with van der Waals surface area (Å²) < 4.78 is 27.1. The van der Waals surface area contributed by atoms with Gasteiger partial charge in [-0.15, -0.1) is 0 Å². The van der Waals surface area contributed by atoms with Crippen molar-refractivity contribution in [2.45, 2.75) is 24.2 Å². The number of nitrogens with zero attached hydrogens (tertiary/aromatic N) is 2. The monoisotopic (exact) mass is 442 g/mol. The van der Waals surface area contributed by atoms with E-state index in [1.807, 2.05) is 7.05 Å². The molecule has 2 amide bonds. The molecular weight excluding hydrogens is 416 g/mol. The zero-order valence-electron chi connectivity index (χ0n) is 17.4. The number of hydrogen-bond donors (Lipinski definition) is 2. The number of aryl methyl sites for hydroxylation is 1. The number of rotatable bonds is 4. The quantitative estimate of drug-likeness (QED) is 0.756. The van der Waals surface area contributed by atoms with Crippen molar-refractivity contribution < 1.29 is 18.0 Å². The average molecular weight is 443 g/mol. The van der Waals surface area contributed by atoms with Gasteiger partial charge in [0.2, 0.25) is 15.9 Å². The molecular formula is C22H26N4O4S. The molecule has 0 aliphatic carbocycles. The Bertz CT molecular complexity index is 1090. The molecule has 2 heterocycles. The Balaban J connectivity index is 1.45. The van der Waals surface area contributed by atoms with E-state index in [0.29, 0.717) is 43.9 Å². The second-order valence-corrected chi connectivity index (χ2v) is 9.90. The molecule has 2 N–H and O–H groups in total. The van der Waals surface area contributed by atoms with Gasteiger partial charge in [-0.25, -0.2) is 8.42 Å². The van der Waals surface area contributed by atoms with E-state index in [1.165, 1.54) is 16.4 Å². The van der Waals surface area contributed by atoms with Crippen LogP contribution >= 0.6 is 0 Å². The minimum atomic E-state index is -3.54. The van der Waals surface area contributed by atoms with E-state index in [9.17, 15) is 18.0 Å². The lowest BCUT2D eigenvalue weighted by Crippen LogP contribution is -2.46. The molecule has 1 saturated heterocycles. The fourth-order valence-electron chi connectivity index (χ4n) is 3.81. The molecule has 1 fully saturated rings. The van der Waals surface area contributed by atoms with Gasteiger partial charge in [0, 0.05) is 49.5 Å². The molecule has 0 radical (unpaired) electrons. The van der Waals surface area contributed by atoms with Crippen LogP contribution in [0.15, 0.2) is 47.4 Å². The third kappa shape index (κ3) is 4.79. The van der Waals surface area contributed by atoms with Crippen LogP contribution in [-0.2, 0) is 21.2 Å². The normalized spacial score (nSPS) is 18.0. The van der Waals surface area contributed by atoms with Crippen LogP contribution in [0.4, 0.5) is 11.4 Å². The van der Waals surface area contributed by atoms with Gasteiger partial charge in [0.1, 0.15) is 0 Å². The number of nitrogens with one attached hydrogen (secondary N) is 2. The molecule has 2 aromatic rings. The van der Waals surface area contributed by atoms with Crippen molar-refractivity contribution in [3.63, 3.8) is 0 Å². The van der Waals surface area contributed by atoms with Gasteiger partial charge in [-0.1, -0.05) is 0 Å². The lowest BCUT2D eigenvalue weighted by Gasteiger charge is -2.31. The van der Waals surface area contributed by atoms with Gasteiger partial charge in [0.15, 0.2) is 0 Å². The summed E-state index contributed by atoms with van der Waals surface area (Å²) in [4.78, 5) is 26.7. The van der Waals surface area contributed by atoms with E-state index in [1.54, 1.807) is 30.3 Å². The van der Waals surface area contributed by atoms with Crippen molar-refractivity contribution >= 4 is 33.2 Å². The first-order chi connectivity index (χ1) is 14.8. The number of carbonyl (C=O) groups excluding carboxylic acids is 2. The molecule has 8 nitrogen and oxygen atoms in total. The summed E-state index contributed by atoms with van der Waals surface area (Å²) in [5.41, 5.74) is 2.69. The number of anilines is 2. The Hall–Kier alpha value is -2.75. The van der Waals surface area contributed by atoms with Crippen LogP contribution in [0.3, 0.4) is 0 Å². The molecule has 0 aromatic heterocycles. The Labute approximate surface area is 182 Å². The molecule has 0 bridgehead atoms. The molecule has 0 atom stereocenters. The predicted molar refractivity (Wildman–Crippen MR) is 119 cm³/mol. The van der Waals surface area contributed by atoms with Crippen LogP contribution in [0.2, 0.25) is 0 Å². The summed E-state index contributed by atoms with van der Waals surface area (Å²) in [5.74, 6) is -0.296. The largest absolute Gasteiger partial charge is 0.326 e. The molecule has 0 spiro atoms. The van der Waals surface area contributed by atoms with Gasteiger partial charge in [-0.2, -0.15) is 4.31 Å². The fraction of sp³-hybridized carbons (Fsp3) is 0.364. The SMILES string of the molecule is CN1CCN(S(=O)(=O)c2ccc(NC(=O)c3ccc4c(c3)CCCC(=O)N4)cc2)CC1. The molecule has 2 aliphatic heterocycles. The maximum atomic E-state index is 12.8. The van der Waals surface area contributed by atoms with Crippen LogP contribution in [0.25, 0.3) is 0 Å². The smallest absolute Gasteiger partial charge is 0.255 e. The zero-order valence-corrected chi connectivity index (χ0v) is 18.2. The topological polar surface area (TPSA) is 98.8 Å². The minimum absolute atomic E-state index is 0.0115. The Kier molecular flexibility index (Phi) is 6.08. The highest BCUT2D eigenvalue weighted by molar-refractivity contribution is 7.89. The lowest BCUT2D eigenvalue weighted by atomic mass is 10.0. The molecule has 4 rings (SSSR count). The Morgan fingerprint density at radius 1 is 1.00 bits per heavy atom. The maximum Gasteiger partial charge on any atom is 0.255 e.